The van der Waals surface area contributed by atoms with E-state index in [1.165, 1.54) is 0 Å². The summed E-state index contributed by atoms with van der Waals surface area (Å²) < 4.78 is 5.43. The summed E-state index contributed by atoms with van der Waals surface area (Å²) in [5, 5.41) is 5.65. The van der Waals surface area contributed by atoms with Gasteiger partial charge in [-0.25, -0.2) is 0 Å². The number of ether oxygens (including phenoxy) is 1. The Morgan fingerprint density at radius 3 is 3.00 bits per heavy atom. The Morgan fingerprint density at radius 2 is 2.22 bits per heavy atom. The number of fused-ring (bicyclic) bond motifs is 1. The van der Waals surface area contributed by atoms with Gasteiger partial charge >= 0.3 is 0 Å². The molecule has 5 nitrogen and oxygen atoms in total. The third kappa shape index (κ3) is 2.30. The Kier molecular flexibility index (Phi) is 2.66. The van der Waals surface area contributed by atoms with Gasteiger partial charge in [0.1, 0.15) is 5.75 Å². The van der Waals surface area contributed by atoms with Gasteiger partial charge in [-0.3, -0.25) is 9.59 Å². The largest absolute Gasteiger partial charge is 0.491 e. The van der Waals surface area contributed by atoms with Gasteiger partial charge in [-0.2, -0.15) is 0 Å². The zero-order valence-electron chi connectivity index (χ0n) is 9.86. The molecule has 0 unspecified atom stereocenters. The summed E-state index contributed by atoms with van der Waals surface area (Å²) in [6.07, 6.45) is 2.44. The first-order valence-corrected chi connectivity index (χ1v) is 6.10. The lowest BCUT2D eigenvalue weighted by molar-refractivity contribution is -0.116. The number of carbonyl (C=O) groups is 2. The van der Waals surface area contributed by atoms with E-state index in [-0.39, 0.29) is 11.8 Å². The van der Waals surface area contributed by atoms with Crippen molar-refractivity contribution in [3.8, 4) is 5.75 Å². The van der Waals surface area contributed by atoms with Gasteiger partial charge in [-0.05, 0) is 31.0 Å². The van der Waals surface area contributed by atoms with Gasteiger partial charge in [0, 0.05) is 11.6 Å². The zero-order valence-corrected chi connectivity index (χ0v) is 9.86. The van der Waals surface area contributed by atoms with E-state index in [0.717, 1.165) is 12.8 Å². The molecular formula is C13H14N2O3. The van der Waals surface area contributed by atoms with Gasteiger partial charge in [0.05, 0.1) is 18.7 Å². The van der Waals surface area contributed by atoms with Crippen molar-refractivity contribution in [1.82, 2.24) is 5.32 Å². The number of anilines is 1. The lowest BCUT2D eigenvalue weighted by atomic mass is 10.1. The third-order valence-corrected chi connectivity index (χ3v) is 3.02. The maximum atomic E-state index is 11.9. The van der Waals surface area contributed by atoms with E-state index in [4.69, 9.17) is 4.74 Å². The van der Waals surface area contributed by atoms with E-state index in [1.54, 1.807) is 18.2 Å². The van der Waals surface area contributed by atoms with Crippen molar-refractivity contribution in [3.63, 3.8) is 0 Å². The maximum absolute atomic E-state index is 11.9. The van der Waals surface area contributed by atoms with Gasteiger partial charge in [-0.15, -0.1) is 0 Å². The fourth-order valence-electron chi connectivity index (χ4n) is 1.86. The topological polar surface area (TPSA) is 67.4 Å². The van der Waals surface area contributed by atoms with Gasteiger partial charge in [0.2, 0.25) is 5.91 Å². The molecule has 1 aromatic carbocycles. The second kappa shape index (κ2) is 4.33. The standard InChI is InChI=1S/C13H14N2O3/c16-12-5-6-18-11-4-1-8(7-10(11)15-12)13(17)14-9-2-3-9/h1,4,7,9H,2-3,5-6H2,(H,14,17)(H,15,16). The van der Waals surface area contributed by atoms with Crippen LogP contribution in [0.4, 0.5) is 5.69 Å². The number of benzene rings is 1. The van der Waals surface area contributed by atoms with Gasteiger partial charge in [0.15, 0.2) is 0 Å². The number of nitrogens with one attached hydrogen (secondary N) is 2. The SMILES string of the molecule is O=C1CCOc2ccc(C(=O)NC3CC3)cc2N1. The van der Waals surface area contributed by atoms with Gasteiger partial charge in [0.25, 0.3) is 5.91 Å². The molecule has 0 radical (unpaired) electrons. The normalized spacial score (nSPS) is 18.1. The molecule has 94 valence electrons. The van der Waals surface area contributed by atoms with Crippen LogP contribution >= 0.6 is 0 Å². The van der Waals surface area contributed by atoms with Crippen LogP contribution in [0.15, 0.2) is 18.2 Å². The summed E-state index contributed by atoms with van der Waals surface area (Å²) in [6.45, 7) is 0.368. The maximum Gasteiger partial charge on any atom is 0.251 e. The van der Waals surface area contributed by atoms with Crippen molar-refractivity contribution < 1.29 is 14.3 Å². The second-order valence-electron chi connectivity index (χ2n) is 4.61. The molecule has 0 aromatic heterocycles. The van der Waals surface area contributed by atoms with Crippen molar-refractivity contribution in [1.29, 1.82) is 0 Å². The Labute approximate surface area is 105 Å². The number of amides is 2. The number of carbonyl (C=O) groups excluding carboxylic acids is 2. The molecule has 1 aliphatic carbocycles. The predicted octanol–water partition coefficient (Wildman–Crippen LogP) is 1.30. The first kappa shape index (κ1) is 11.1. The lowest BCUT2D eigenvalue weighted by Crippen LogP contribution is -2.25. The second-order valence-corrected chi connectivity index (χ2v) is 4.61. The molecule has 0 atom stereocenters. The van der Waals surface area contributed by atoms with Crippen molar-refractivity contribution in [2.75, 3.05) is 11.9 Å². The minimum absolute atomic E-state index is 0.0894. The van der Waals surface area contributed by atoms with E-state index in [2.05, 4.69) is 10.6 Å². The molecule has 0 bridgehead atoms. The number of hydrogen-bond acceptors (Lipinski definition) is 3. The molecule has 18 heavy (non-hydrogen) atoms. The van der Waals surface area contributed by atoms with Crippen LogP contribution in [0.2, 0.25) is 0 Å². The van der Waals surface area contributed by atoms with E-state index >= 15 is 0 Å². The molecule has 0 saturated heterocycles. The molecule has 2 N–H and O–H groups in total. The van der Waals surface area contributed by atoms with Crippen LogP contribution in [0.1, 0.15) is 29.6 Å². The van der Waals surface area contributed by atoms with Crippen LogP contribution in [0.3, 0.4) is 0 Å². The Bertz CT molecular complexity index is 509. The fraction of sp³-hybridized carbons (Fsp3) is 0.385. The monoisotopic (exact) mass is 246 g/mol. The van der Waals surface area contributed by atoms with Crippen molar-refractivity contribution >= 4 is 17.5 Å². The van der Waals surface area contributed by atoms with Crippen LogP contribution in [0, 0.1) is 0 Å². The molecule has 2 aliphatic rings. The smallest absolute Gasteiger partial charge is 0.251 e. The molecule has 0 spiro atoms. The Balaban J connectivity index is 1.84. The summed E-state index contributed by atoms with van der Waals surface area (Å²) in [7, 11) is 0. The molecular weight excluding hydrogens is 232 g/mol. The van der Waals surface area contributed by atoms with Crippen molar-refractivity contribution in [3.05, 3.63) is 23.8 Å². The quantitative estimate of drug-likeness (QED) is 0.826. The number of rotatable bonds is 2. The van der Waals surface area contributed by atoms with Crippen LogP contribution in [-0.2, 0) is 4.79 Å². The van der Waals surface area contributed by atoms with Crippen LogP contribution in [0.25, 0.3) is 0 Å². The molecule has 3 rings (SSSR count). The molecule has 5 heteroatoms. The minimum atomic E-state index is -0.0983. The summed E-state index contributed by atoms with van der Waals surface area (Å²) in [5.41, 5.74) is 1.12. The molecule has 1 aromatic rings. The van der Waals surface area contributed by atoms with Gasteiger partial charge in [-0.1, -0.05) is 0 Å². The molecule has 2 amide bonds. The lowest BCUT2D eigenvalue weighted by Gasteiger charge is -2.09. The number of hydrogen-bond donors (Lipinski definition) is 2. The third-order valence-electron chi connectivity index (χ3n) is 3.02. The highest BCUT2D eigenvalue weighted by atomic mass is 16.5. The molecule has 1 heterocycles. The first-order chi connectivity index (χ1) is 8.72. The summed E-state index contributed by atoms with van der Waals surface area (Å²) in [5.74, 6) is 0.427. The summed E-state index contributed by atoms with van der Waals surface area (Å²) in [6, 6.07) is 5.43. The highest BCUT2D eigenvalue weighted by molar-refractivity contribution is 5.98. The molecule has 1 fully saturated rings. The predicted molar refractivity (Wildman–Crippen MR) is 65.7 cm³/mol. The molecule has 1 aliphatic heterocycles. The highest BCUT2D eigenvalue weighted by Gasteiger charge is 2.24. The zero-order chi connectivity index (χ0) is 12.5. The fourth-order valence-corrected chi connectivity index (χ4v) is 1.86. The summed E-state index contributed by atoms with van der Waals surface area (Å²) in [4.78, 5) is 23.3. The molecule has 1 saturated carbocycles. The first-order valence-electron chi connectivity index (χ1n) is 6.10. The van der Waals surface area contributed by atoms with Crippen molar-refractivity contribution in [2.24, 2.45) is 0 Å². The van der Waals surface area contributed by atoms with E-state index in [0.29, 0.717) is 36.1 Å². The average Bonchev–Trinajstić information content (AvgIpc) is 3.15. The van der Waals surface area contributed by atoms with E-state index in [9.17, 15) is 9.59 Å². The Morgan fingerprint density at radius 1 is 1.39 bits per heavy atom. The van der Waals surface area contributed by atoms with Gasteiger partial charge < -0.3 is 15.4 Å². The highest BCUT2D eigenvalue weighted by Crippen LogP contribution is 2.28. The van der Waals surface area contributed by atoms with E-state index < -0.39 is 0 Å². The Hall–Kier alpha value is -2.04. The summed E-state index contributed by atoms with van der Waals surface area (Å²) >= 11 is 0. The average molecular weight is 246 g/mol. The van der Waals surface area contributed by atoms with Crippen LogP contribution in [0.5, 0.6) is 5.75 Å². The van der Waals surface area contributed by atoms with Crippen LogP contribution in [-0.4, -0.2) is 24.5 Å². The van der Waals surface area contributed by atoms with E-state index in [1.807, 2.05) is 0 Å². The minimum Gasteiger partial charge on any atom is -0.491 e. The van der Waals surface area contributed by atoms with Crippen molar-refractivity contribution in [2.45, 2.75) is 25.3 Å². The van der Waals surface area contributed by atoms with Crippen LogP contribution < -0.4 is 15.4 Å².